The number of nitrogens with zero attached hydrogens (tertiary/aromatic N) is 1. The molecule has 0 atom stereocenters. The number of carbonyl (C=O) groups excluding carboxylic acids is 2. The molecular formula is C37H37Cl2NO5S. The van der Waals surface area contributed by atoms with Crippen LogP contribution in [0.3, 0.4) is 0 Å². The highest BCUT2D eigenvalue weighted by Crippen LogP contribution is 2.55. The summed E-state index contributed by atoms with van der Waals surface area (Å²) in [6.07, 6.45) is 2.78. The van der Waals surface area contributed by atoms with Gasteiger partial charge in [0.05, 0.1) is 10.0 Å². The Labute approximate surface area is 281 Å². The van der Waals surface area contributed by atoms with Gasteiger partial charge in [0.15, 0.2) is 17.3 Å². The maximum absolute atomic E-state index is 14.1. The molecule has 0 aromatic heterocycles. The van der Waals surface area contributed by atoms with Crippen LogP contribution in [0.4, 0.5) is 0 Å². The van der Waals surface area contributed by atoms with Gasteiger partial charge >= 0.3 is 10.1 Å². The monoisotopic (exact) mass is 677 g/mol. The van der Waals surface area contributed by atoms with Gasteiger partial charge in [0.25, 0.3) is 0 Å². The molecule has 0 radical (unpaired) electrons. The zero-order valence-corrected chi connectivity index (χ0v) is 28.7. The van der Waals surface area contributed by atoms with Crippen LogP contribution in [0.15, 0.2) is 100 Å². The first-order valence-corrected chi connectivity index (χ1v) is 17.6. The molecule has 0 N–H and O–H groups in total. The van der Waals surface area contributed by atoms with Gasteiger partial charge in [0.1, 0.15) is 4.90 Å². The number of hydrogen-bond donors (Lipinski definition) is 0. The molecular weight excluding hydrogens is 641 g/mol. The van der Waals surface area contributed by atoms with Gasteiger partial charge in [-0.15, -0.1) is 0 Å². The highest BCUT2D eigenvalue weighted by atomic mass is 35.5. The van der Waals surface area contributed by atoms with Crippen molar-refractivity contribution in [1.29, 1.82) is 0 Å². The summed E-state index contributed by atoms with van der Waals surface area (Å²) in [5, 5.41) is -0.0463. The average Bonchev–Trinajstić information content (AvgIpc) is 2.97. The largest absolute Gasteiger partial charge is 0.376 e. The van der Waals surface area contributed by atoms with E-state index in [1.807, 2.05) is 18.2 Å². The molecule has 6 nitrogen and oxygen atoms in total. The van der Waals surface area contributed by atoms with E-state index in [0.29, 0.717) is 48.9 Å². The van der Waals surface area contributed by atoms with E-state index in [0.717, 1.165) is 17.8 Å². The fraction of sp³-hybridized carbons (Fsp3) is 0.351. The fourth-order valence-electron chi connectivity index (χ4n) is 7.11. The van der Waals surface area contributed by atoms with Crippen molar-refractivity contribution in [2.24, 2.45) is 10.8 Å². The molecule has 1 aliphatic heterocycles. The van der Waals surface area contributed by atoms with Gasteiger partial charge in [-0.2, -0.15) is 8.42 Å². The van der Waals surface area contributed by atoms with Crippen LogP contribution in [0.2, 0.25) is 10.0 Å². The number of allylic oxidation sites excluding steroid dienone is 4. The molecule has 0 bridgehead atoms. The second-order valence-electron chi connectivity index (χ2n) is 14.1. The Morgan fingerprint density at radius 1 is 0.761 bits per heavy atom. The Morgan fingerprint density at radius 3 is 1.74 bits per heavy atom. The average molecular weight is 679 g/mol. The number of carbonyl (C=O) groups is 2. The topological polar surface area (TPSA) is 80.8 Å². The molecule has 240 valence electrons. The minimum Gasteiger partial charge on any atom is -0.376 e. The van der Waals surface area contributed by atoms with Crippen molar-refractivity contribution >= 4 is 44.9 Å². The van der Waals surface area contributed by atoms with Crippen molar-refractivity contribution in [2.75, 3.05) is 6.54 Å². The molecule has 0 spiro atoms. The standard InChI is InChI=1S/C37H37Cl2NO5S/c1-36(2)19-28-33(30(41)21-36)32(24-17-26(38)35(27(39)18-24)45-46(43,44)25-13-9-6-10-14-25)34-29(20-37(3,4)22-31(34)42)40(28)16-15-23-11-7-5-8-12-23/h5-14,17-18,32H,15-16,19-22H2,1-4H3. The van der Waals surface area contributed by atoms with E-state index in [1.54, 1.807) is 30.3 Å². The van der Waals surface area contributed by atoms with Crippen LogP contribution in [0.1, 0.15) is 70.4 Å². The van der Waals surface area contributed by atoms with E-state index in [9.17, 15) is 18.0 Å². The molecule has 3 aliphatic rings. The van der Waals surface area contributed by atoms with Crippen molar-refractivity contribution in [3.63, 3.8) is 0 Å². The Hall–Kier alpha value is -3.39. The summed E-state index contributed by atoms with van der Waals surface area (Å²) in [7, 11) is -4.22. The number of benzene rings is 3. The van der Waals surface area contributed by atoms with E-state index in [1.165, 1.54) is 17.7 Å². The molecule has 46 heavy (non-hydrogen) atoms. The van der Waals surface area contributed by atoms with Crippen molar-refractivity contribution < 1.29 is 22.2 Å². The van der Waals surface area contributed by atoms with Gasteiger partial charge in [0, 0.05) is 47.8 Å². The Bertz CT molecular complexity index is 1820. The summed E-state index contributed by atoms with van der Waals surface area (Å²) in [5.41, 5.74) is 4.26. The number of rotatable bonds is 7. The molecule has 0 saturated heterocycles. The number of hydrogen-bond acceptors (Lipinski definition) is 6. The quantitative estimate of drug-likeness (QED) is 0.233. The summed E-state index contributed by atoms with van der Waals surface area (Å²) in [6.45, 7) is 9.04. The van der Waals surface area contributed by atoms with Crippen LogP contribution in [-0.2, 0) is 26.1 Å². The lowest BCUT2D eigenvalue weighted by atomic mass is 9.63. The zero-order valence-electron chi connectivity index (χ0n) is 26.4. The first-order chi connectivity index (χ1) is 21.7. The molecule has 1 heterocycles. The molecule has 2 aliphatic carbocycles. The second kappa shape index (κ2) is 12.0. The third kappa shape index (κ3) is 6.29. The SMILES string of the molecule is CC1(C)CC(=O)C2=C(C1)N(CCc1ccccc1)C1=C(C(=O)CC(C)(C)C1)C2c1cc(Cl)c(OS(=O)(=O)c2ccccc2)c(Cl)c1. The number of ketones is 2. The van der Waals surface area contributed by atoms with Crippen LogP contribution in [0.25, 0.3) is 0 Å². The lowest BCUT2D eigenvalue weighted by molar-refractivity contribution is -0.119. The van der Waals surface area contributed by atoms with Gasteiger partial charge in [0.2, 0.25) is 0 Å². The summed E-state index contributed by atoms with van der Waals surface area (Å²) in [6, 6.07) is 21.1. The second-order valence-corrected chi connectivity index (χ2v) is 16.4. The number of Topliss-reactive ketones (excluding diaryl/α,β-unsaturated/α-hetero) is 2. The van der Waals surface area contributed by atoms with Gasteiger partial charge < -0.3 is 9.08 Å². The van der Waals surface area contributed by atoms with Crippen LogP contribution >= 0.6 is 23.2 Å². The molecule has 0 amide bonds. The zero-order chi connectivity index (χ0) is 33.0. The summed E-state index contributed by atoms with van der Waals surface area (Å²) in [4.78, 5) is 30.5. The van der Waals surface area contributed by atoms with E-state index in [-0.39, 0.29) is 43.1 Å². The molecule has 9 heteroatoms. The van der Waals surface area contributed by atoms with Crippen LogP contribution in [-0.4, -0.2) is 31.4 Å². The molecule has 6 rings (SSSR count). The smallest absolute Gasteiger partial charge is 0.339 e. The summed E-state index contributed by atoms with van der Waals surface area (Å²) in [5.74, 6) is -0.902. The molecule has 0 saturated carbocycles. The van der Waals surface area contributed by atoms with Crippen molar-refractivity contribution in [3.8, 4) is 5.75 Å². The maximum Gasteiger partial charge on any atom is 0.339 e. The third-order valence-electron chi connectivity index (χ3n) is 9.07. The minimum absolute atomic E-state index is 0.00984. The van der Waals surface area contributed by atoms with Crippen molar-refractivity contribution in [1.82, 2.24) is 4.90 Å². The van der Waals surface area contributed by atoms with E-state index >= 15 is 0 Å². The predicted molar refractivity (Wildman–Crippen MR) is 180 cm³/mol. The van der Waals surface area contributed by atoms with Gasteiger partial charge in [-0.25, -0.2) is 0 Å². The van der Waals surface area contributed by atoms with Crippen LogP contribution in [0.5, 0.6) is 5.75 Å². The normalized spacial score (nSPS) is 19.7. The van der Waals surface area contributed by atoms with E-state index in [2.05, 4.69) is 44.7 Å². The van der Waals surface area contributed by atoms with E-state index in [4.69, 9.17) is 27.4 Å². The fourth-order valence-corrected chi connectivity index (χ4v) is 8.77. The summed E-state index contributed by atoms with van der Waals surface area (Å²) >= 11 is 13.4. The van der Waals surface area contributed by atoms with Crippen molar-refractivity contribution in [3.05, 3.63) is 117 Å². The molecule has 3 aromatic carbocycles. The Morgan fingerprint density at radius 2 is 1.24 bits per heavy atom. The molecule has 0 fully saturated rings. The van der Waals surface area contributed by atoms with Crippen LogP contribution < -0.4 is 4.18 Å². The first-order valence-electron chi connectivity index (χ1n) is 15.5. The van der Waals surface area contributed by atoms with E-state index < -0.39 is 16.0 Å². The lowest BCUT2D eigenvalue weighted by Gasteiger charge is -2.49. The Kier molecular flexibility index (Phi) is 8.49. The minimum atomic E-state index is -4.22. The van der Waals surface area contributed by atoms with Gasteiger partial charge in [-0.05, 0) is 65.5 Å². The number of halogens is 2. The first kappa shape index (κ1) is 32.5. The van der Waals surface area contributed by atoms with Gasteiger partial charge in [-0.3, -0.25) is 9.59 Å². The molecule has 0 unspecified atom stereocenters. The lowest BCUT2D eigenvalue weighted by Crippen LogP contribution is -2.45. The highest BCUT2D eigenvalue weighted by molar-refractivity contribution is 7.87. The molecule has 3 aromatic rings. The Balaban J connectivity index is 1.49. The van der Waals surface area contributed by atoms with Crippen LogP contribution in [0, 0.1) is 10.8 Å². The van der Waals surface area contributed by atoms with Crippen molar-refractivity contribution in [2.45, 2.75) is 70.6 Å². The maximum atomic E-state index is 14.1. The van der Waals surface area contributed by atoms with Gasteiger partial charge in [-0.1, -0.05) is 99.4 Å². The third-order valence-corrected chi connectivity index (χ3v) is 10.9. The summed E-state index contributed by atoms with van der Waals surface area (Å²) < 4.78 is 31.5. The highest BCUT2D eigenvalue weighted by Gasteiger charge is 2.49. The predicted octanol–water partition coefficient (Wildman–Crippen LogP) is 8.69.